The number of ether oxygens (including phenoxy) is 2. The second kappa shape index (κ2) is 7.15. The third-order valence-electron chi connectivity index (χ3n) is 3.13. The predicted octanol–water partition coefficient (Wildman–Crippen LogP) is 2.48. The fourth-order valence-corrected chi connectivity index (χ4v) is 2.33. The molecule has 22 heavy (non-hydrogen) atoms. The van der Waals surface area contributed by atoms with E-state index in [9.17, 15) is 4.79 Å². The average Bonchev–Trinajstić information content (AvgIpc) is 2.42. The van der Waals surface area contributed by atoms with Crippen molar-refractivity contribution in [3.8, 4) is 5.88 Å². The molecule has 1 heterocycles. The molecule has 1 atom stereocenters. The van der Waals surface area contributed by atoms with E-state index >= 15 is 0 Å². The van der Waals surface area contributed by atoms with Crippen molar-refractivity contribution < 1.29 is 14.3 Å². The Morgan fingerprint density at radius 3 is 2.55 bits per heavy atom. The number of alkyl carbamates (subject to hydrolysis) is 1. The number of nitrogens with zero attached hydrogens (tertiary/aromatic N) is 1. The largest absolute Gasteiger partial charge is 0.481 e. The topological polar surface area (TPSA) is 86.5 Å². The standard InChI is InChI=1S/C15H24ClN3O3/c1-14(2,3)22-13(20)19-9-15(4,8-17)11-10(16)6-7-18-12(11)21-5/h6-7H,8-9,17H2,1-5H3,(H,19,20). The van der Waals surface area contributed by atoms with Gasteiger partial charge in [0.2, 0.25) is 5.88 Å². The Bertz CT molecular complexity index is 531. The van der Waals surface area contributed by atoms with Crippen LogP contribution in [-0.4, -0.2) is 36.9 Å². The Balaban J connectivity index is 2.96. The van der Waals surface area contributed by atoms with Crippen LogP contribution in [0.1, 0.15) is 33.3 Å². The lowest BCUT2D eigenvalue weighted by atomic mass is 9.83. The third kappa shape index (κ3) is 4.74. The molecule has 6 nitrogen and oxygen atoms in total. The molecule has 0 aromatic carbocycles. The fraction of sp³-hybridized carbons (Fsp3) is 0.600. The van der Waals surface area contributed by atoms with Gasteiger partial charge in [-0.25, -0.2) is 9.78 Å². The summed E-state index contributed by atoms with van der Waals surface area (Å²) in [6.45, 7) is 7.79. The minimum absolute atomic E-state index is 0.250. The molecule has 1 rings (SSSR count). The number of methoxy groups -OCH3 is 1. The fourth-order valence-electron chi connectivity index (χ4n) is 1.97. The molecule has 1 amide bonds. The summed E-state index contributed by atoms with van der Waals surface area (Å²) in [4.78, 5) is 16.0. The van der Waals surface area contributed by atoms with Crippen LogP contribution in [0.3, 0.4) is 0 Å². The van der Waals surface area contributed by atoms with E-state index in [0.717, 1.165) is 0 Å². The number of pyridine rings is 1. The maximum absolute atomic E-state index is 11.8. The highest BCUT2D eigenvalue weighted by atomic mass is 35.5. The average molecular weight is 330 g/mol. The summed E-state index contributed by atoms with van der Waals surface area (Å²) in [5.74, 6) is 0.395. The summed E-state index contributed by atoms with van der Waals surface area (Å²) in [5, 5.41) is 3.22. The second-order valence-electron chi connectivity index (χ2n) is 6.30. The number of halogens is 1. The lowest BCUT2D eigenvalue weighted by Crippen LogP contribution is -2.45. The molecule has 124 valence electrons. The lowest BCUT2D eigenvalue weighted by molar-refractivity contribution is 0.0516. The van der Waals surface area contributed by atoms with E-state index in [1.807, 2.05) is 6.92 Å². The number of rotatable bonds is 5. The maximum Gasteiger partial charge on any atom is 0.407 e. The highest BCUT2D eigenvalue weighted by molar-refractivity contribution is 6.31. The first-order valence-electron chi connectivity index (χ1n) is 6.99. The number of hydrogen-bond donors (Lipinski definition) is 2. The van der Waals surface area contributed by atoms with Crippen molar-refractivity contribution >= 4 is 17.7 Å². The molecule has 0 saturated carbocycles. The Morgan fingerprint density at radius 1 is 1.41 bits per heavy atom. The molecule has 0 aliphatic carbocycles. The van der Waals surface area contributed by atoms with Gasteiger partial charge in [-0.05, 0) is 26.8 Å². The Hall–Kier alpha value is -1.53. The van der Waals surface area contributed by atoms with Gasteiger partial charge >= 0.3 is 6.09 Å². The van der Waals surface area contributed by atoms with Crippen LogP contribution in [0.2, 0.25) is 5.02 Å². The predicted molar refractivity (Wildman–Crippen MR) is 86.4 cm³/mol. The van der Waals surface area contributed by atoms with E-state index < -0.39 is 17.1 Å². The van der Waals surface area contributed by atoms with Gasteiger partial charge in [0.25, 0.3) is 0 Å². The molecule has 0 bridgehead atoms. The molecular weight excluding hydrogens is 306 g/mol. The van der Waals surface area contributed by atoms with Gasteiger partial charge in [-0.1, -0.05) is 18.5 Å². The van der Waals surface area contributed by atoms with E-state index in [0.29, 0.717) is 16.5 Å². The molecule has 0 saturated heterocycles. The summed E-state index contributed by atoms with van der Waals surface area (Å²) in [7, 11) is 1.51. The molecule has 3 N–H and O–H groups in total. The molecule has 1 aromatic heterocycles. The van der Waals surface area contributed by atoms with E-state index in [1.54, 1.807) is 33.0 Å². The van der Waals surface area contributed by atoms with Gasteiger partial charge in [0, 0.05) is 30.3 Å². The minimum Gasteiger partial charge on any atom is -0.481 e. The minimum atomic E-state index is -0.631. The van der Waals surface area contributed by atoms with Crippen LogP contribution in [0.15, 0.2) is 12.3 Å². The van der Waals surface area contributed by atoms with Crippen LogP contribution in [0.4, 0.5) is 4.79 Å². The smallest absolute Gasteiger partial charge is 0.407 e. The van der Waals surface area contributed by atoms with E-state index in [2.05, 4.69) is 10.3 Å². The normalized spacial score (nSPS) is 14.1. The van der Waals surface area contributed by atoms with Crippen LogP contribution < -0.4 is 15.8 Å². The Labute approximate surface area is 136 Å². The van der Waals surface area contributed by atoms with Crippen molar-refractivity contribution in [1.82, 2.24) is 10.3 Å². The first-order chi connectivity index (χ1) is 10.1. The van der Waals surface area contributed by atoms with Crippen LogP contribution in [0, 0.1) is 0 Å². The molecular formula is C15H24ClN3O3. The number of aromatic nitrogens is 1. The van der Waals surface area contributed by atoms with Crippen molar-refractivity contribution in [2.45, 2.75) is 38.7 Å². The zero-order chi connectivity index (χ0) is 17.0. The van der Waals surface area contributed by atoms with Crippen LogP contribution in [0.5, 0.6) is 5.88 Å². The SMILES string of the molecule is COc1nccc(Cl)c1C(C)(CN)CNC(=O)OC(C)(C)C. The zero-order valence-corrected chi connectivity index (χ0v) is 14.5. The van der Waals surface area contributed by atoms with E-state index in [1.165, 1.54) is 7.11 Å². The summed E-state index contributed by atoms with van der Waals surface area (Å²) < 4.78 is 10.5. The van der Waals surface area contributed by atoms with E-state index in [-0.39, 0.29) is 13.1 Å². The summed E-state index contributed by atoms with van der Waals surface area (Å²) >= 11 is 6.27. The van der Waals surface area contributed by atoms with Crippen molar-refractivity contribution in [3.05, 3.63) is 22.8 Å². The van der Waals surface area contributed by atoms with Crippen molar-refractivity contribution in [3.63, 3.8) is 0 Å². The number of nitrogens with two attached hydrogens (primary N) is 1. The number of carbonyl (C=O) groups is 1. The van der Waals surface area contributed by atoms with Crippen LogP contribution in [0.25, 0.3) is 0 Å². The van der Waals surface area contributed by atoms with Gasteiger partial charge < -0.3 is 20.5 Å². The molecule has 0 aliphatic heterocycles. The molecule has 1 aromatic rings. The Morgan fingerprint density at radius 2 is 2.05 bits per heavy atom. The highest BCUT2D eigenvalue weighted by Gasteiger charge is 2.33. The Kier molecular flexibility index (Phi) is 6.02. The monoisotopic (exact) mass is 329 g/mol. The first-order valence-corrected chi connectivity index (χ1v) is 7.36. The van der Waals surface area contributed by atoms with Crippen molar-refractivity contribution in [2.75, 3.05) is 20.2 Å². The van der Waals surface area contributed by atoms with Gasteiger partial charge in [-0.2, -0.15) is 0 Å². The van der Waals surface area contributed by atoms with Crippen molar-refractivity contribution in [1.29, 1.82) is 0 Å². The number of amides is 1. The molecule has 0 fully saturated rings. The van der Waals surface area contributed by atoms with Gasteiger partial charge in [0.05, 0.1) is 12.1 Å². The second-order valence-corrected chi connectivity index (χ2v) is 6.70. The summed E-state index contributed by atoms with van der Waals surface area (Å²) in [6.07, 6.45) is 1.05. The summed E-state index contributed by atoms with van der Waals surface area (Å²) in [6, 6.07) is 1.67. The molecule has 1 unspecified atom stereocenters. The highest BCUT2D eigenvalue weighted by Crippen LogP contribution is 2.35. The van der Waals surface area contributed by atoms with Crippen LogP contribution in [-0.2, 0) is 10.2 Å². The molecule has 0 spiro atoms. The van der Waals surface area contributed by atoms with Gasteiger partial charge in [-0.15, -0.1) is 0 Å². The molecule has 7 heteroatoms. The van der Waals surface area contributed by atoms with Gasteiger partial charge in [0.15, 0.2) is 0 Å². The lowest BCUT2D eigenvalue weighted by Gasteiger charge is -2.31. The third-order valence-corrected chi connectivity index (χ3v) is 3.45. The van der Waals surface area contributed by atoms with Crippen molar-refractivity contribution in [2.24, 2.45) is 5.73 Å². The van der Waals surface area contributed by atoms with E-state index in [4.69, 9.17) is 26.8 Å². The first kappa shape index (κ1) is 18.5. The van der Waals surface area contributed by atoms with Crippen LogP contribution >= 0.6 is 11.6 Å². The summed E-state index contributed by atoms with van der Waals surface area (Å²) in [5.41, 5.74) is 5.38. The number of hydrogen-bond acceptors (Lipinski definition) is 5. The number of carbonyl (C=O) groups excluding carboxylic acids is 1. The zero-order valence-electron chi connectivity index (χ0n) is 13.7. The molecule has 0 aliphatic rings. The quantitative estimate of drug-likeness (QED) is 0.866. The maximum atomic E-state index is 11.8. The van der Waals surface area contributed by atoms with Gasteiger partial charge in [0.1, 0.15) is 5.60 Å². The number of nitrogens with one attached hydrogen (secondary N) is 1. The molecule has 0 radical (unpaired) electrons. The van der Waals surface area contributed by atoms with Gasteiger partial charge in [-0.3, -0.25) is 0 Å².